The zero-order valence-corrected chi connectivity index (χ0v) is 19.0. The molecule has 31 heavy (non-hydrogen) atoms. The van der Waals surface area contributed by atoms with E-state index in [4.69, 9.17) is 0 Å². The molecule has 2 aromatic carbocycles. The van der Waals surface area contributed by atoms with Gasteiger partial charge in [0.25, 0.3) is 0 Å². The molecule has 4 rings (SSSR count). The molecule has 0 atom stereocenters. The van der Waals surface area contributed by atoms with Crippen molar-refractivity contribution in [1.82, 2.24) is 0 Å². The van der Waals surface area contributed by atoms with E-state index in [1.807, 2.05) is 12.1 Å². The van der Waals surface area contributed by atoms with Crippen molar-refractivity contribution in [2.75, 3.05) is 11.4 Å². The van der Waals surface area contributed by atoms with Gasteiger partial charge >= 0.3 is 5.97 Å². The lowest BCUT2D eigenvalue weighted by Crippen LogP contribution is -2.19. The molecule has 2 aromatic rings. The molecular weight excluding hydrogens is 382 g/mol. The molecule has 0 amide bonds. The van der Waals surface area contributed by atoms with Gasteiger partial charge < -0.3 is 10.0 Å². The van der Waals surface area contributed by atoms with Crippen molar-refractivity contribution in [1.29, 1.82) is 0 Å². The predicted molar refractivity (Wildman–Crippen MR) is 129 cm³/mol. The second kappa shape index (κ2) is 10.3. The molecule has 0 radical (unpaired) electrons. The minimum Gasteiger partial charge on any atom is -0.478 e. The maximum Gasteiger partial charge on any atom is 0.335 e. The van der Waals surface area contributed by atoms with Crippen molar-refractivity contribution in [3.63, 3.8) is 0 Å². The molecular formula is C28H37NO2. The molecule has 3 nitrogen and oxygen atoms in total. The second-order valence-electron chi connectivity index (χ2n) is 9.53. The summed E-state index contributed by atoms with van der Waals surface area (Å²) >= 11 is 0. The first kappa shape index (κ1) is 21.9. The Labute approximate surface area is 187 Å². The summed E-state index contributed by atoms with van der Waals surface area (Å²) in [5, 5.41) is 9.28. The van der Waals surface area contributed by atoms with Crippen molar-refractivity contribution in [3.05, 3.63) is 59.2 Å². The minimum absolute atomic E-state index is 0.346. The van der Waals surface area contributed by atoms with E-state index < -0.39 is 5.97 Å². The average Bonchev–Trinajstić information content (AvgIpc) is 2.83. The molecule has 1 N–H and O–H groups in total. The zero-order chi connectivity index (χ0) is 21.6. The monoisotopic (exact) mass is 419 g/mol. The Kier molecular flexibility index (Phi) is 7.32. The number of hydrogen-bond acceptors (Lipinski definition) is 2. The molecule has 0 spiro atoms. The molecule has 2 aliphatic carbocycles. The van der Waals surface area contributed by atoms with Crippen LogP contribution in [0.25, 0.3) is 0 Å². The molecule has 2 saturated carbocycles. The maximum atomic E-state index is 11.3. The molecule has 0 heterocycles. The lowest BCUT2D eigenvalue weighted by Gasteiger charge is -2.30. The third-order valence-corrected chi connectivity index (χ3v) is 7.30. The number of rotatable bonds is 7. The fraction of sp³-hybridized carbons (Fsp3) is 0.536. The fourth-order valence-corrected chi connectivity index (χ4v) is 5.57. The summed E-state index contributed by atoms with van der Waals surface area (Å²) in [6.07, 6.45) is 14.5. The summed E-state index contributed by atoms with van der Waals surface area (Å²) in [5.74, 6) is 0.510. The smallest absolute Gasteiger partial charge is 0.335 e. The molecule has 2 aliphatic rings. The van der Waals surface area contributed by atoms with Crippen molar-refractivity contribution in [3.8, 4) is 0 Å². The molecule has 3 heteroatoms. The minimum atomic E-state index is -0.868. The first-order valence-electron chi connectivity index (χ1n) is 12.4. The van der Waals surface area contributed by atoms with E-state index in [9.17, 15) is 9.90 Å². The second-order valence-corrected chi connectivity index (χ2v) is 9.53. The molecule has 166 valence electrons. The van der Waals surface area contributed by atoms with Gasteiger partial charge in [0.05, 0.1) is 5.56 Å². The summed E-state index contributed by atoms with van der Waals surface area (Å²) < 4.78 is 0. The van der Waals surface area contributed by atoms with Crippen molar-refractivity contribution in [2.24, 2.45) is 0 Å². The summed E-state index contributed by atoms with van der Waals surface area (Å²) in [5.41, 5.74) is 5.77. The lowest BCUT2D eigenvalue weighted by molar-refractivity contribution is 0.0697. The Hall–Kier alpha value is -2.29. The van der Waals surface area contributed by atoms with Crippen LogP contribution in [0.2, 0.25) is 0 Å². The van der Waals surface area contributed by atoms with E-state index in [0.717, 1.165) is 18.7 Å². The summed E-state index contributed by atoms with van der Waals surface area (Å²) in [4.78, 5) is 13.7. The quantitative estimate of drug-likeness (QED) is 0.494. The van der Waals surface area contributed by atoms with Crippen LogP contribution in [0.1, 0.15) is 111 Å². The highest BCUT2D eigenvalue weighted by Crippen LogP contribution is 2.40. The van der Waals surface area contributed by atoms with Gasteiger partial charge in [-0.15, -0.1) is 0 Å². The fourth-order valence-electron chi connectivity index (χ4n) is 5.57. The highest BCUT2D eigenvalue weighted by molar-refractivity contribution is 5.88. The van der Waals surface area contributed by atoms with Crippen LogP contribution in [-0.2, 0) is 0 Å². The number of carboxylic acid groups (broad SMARTS) is 1. The van der Waals surface area contributed by atoms with Gasteiger partial charge in [-0.05, 0) is 91.5 Å². The van der Waals surface area contributed by atoms with Crippen LogP contribution in [0.15, 0.2) is 42.5 Å². The normalized spacial score (nSPS) is 18.1. The number of anilines is 2. The zero-order valence-electron chi connectivity index (χ0n) is 19.0. The number of benzene rings is 2. The molecule has 0 aromatic heterocycles. The average molecular weight is 420 g/mol. The molecule has 2 fully saturated rings. The number of aromatic carboxylic acids is 1. The largest absolute Gasteiger partial charge is 0.478 e. The van der Waals surface area contributed by atoms with Gasteiger partial charge in [-0.2, -0.15) is 0 Å². The van der Waals surface area contributed by atoms with Crippen LogP contribution in [0.5, 0.6) is 0 Å². The highest BCUT2D eigenvalue weighted by atomic mass is 16.4. The summed E-state index contributed by atoms with van der Waals surface area (Å²) in [6, 6.07) is 14.8. The van der Waals surface area contributed by atoms with E-state index in [2.05, 4.69) is 30.0 Å². The predicted octanol–water partition coefficient (Wildman–Crippen LogP) is 8.03. The third-order valence-electron chi connectivity index (χ3n) is 7.30. The number of carboxylic acids is 1. The standard InChI is InChI=1S/C28H37NO2/c1-2-17-29(26-15-13-23(14-16-26)28(30)31)27-19-24(21-9-5-3-6-10-21)18-25(20-27)22-11-7-4-8-12-22/h13-16,18-22H,2-12,17H2,1H3,(H,30,31). The summed E-state index contributed by atoms with van der Waals surface area (Å²) in [6.45, 7) is 3.15. The Balaban J connectivity index is 1.72. The Morgan fingerprint density at radius 2 is 1.32 bits per heavy atom. The van der Waals surface area contributed by atoms with Crippen LogP contribution in [0.3, 0.4) is 0 Å². The van der Waals surface area contributed by atoms with Crippen LogP contribution in [-0.4, -0.2) is 17.6 Å². The number of nitrogens with zero attached hydrogens (tertiary/aromatic N) is 1. The molecule has 0 saturated heterocycles. The topological polar surface area (TPSA) is 40.5 Å². The van der Waals surface area contributed by atoms with Gasteiger partial charge in [-0.25, -0.2) is 4.79 Å². The van der Waals surface area contributed by atoms with Gasteiger partial charge in [0, 0.05) is 17.9 Å². The summed E-state index contributed by atoms with van der Waals surface area (Å²) in [7, 11) is 0. The van der Waals surface area contributed by atoms with E-state index in [-0.39, 0.29) is 0 Å². The number of carbonyl (C=O) groups is 1. The lowest BCUT2D eigenvalue weighted by atomic mass is 9.79. The molecule has 0 bridgehead atoms. The number of hydrogen-bond donors (Lipinski definition) is 1. The van der Waals surface area contributed by atoms with Crippen molar-refractivity contribution >= 4 is 17.3 Å². The highest BCUT2D eigenvalue weighted by Gasteiger charge is 2.22. The van der Waals surface area contributed by atoms with Gasteiger partial charge in [0.15, 0.2) is 0 Å². The molecule has 0 aliphatic heterocycles. The SMILES string of the molecule is CCCN(c1ccc(C(=O)O)cc1)c1cc(C2CCCCC2)cc(C2CCCCC2)c1. The Morgan fingerprint density at radius 1 is 0.806 bits per heavy atom. The van der Waals surface area contributed by atoms with E-state index >= 15 is 0 Å². The maximum absolute atomic E-state index is 11.3. The van der Waals surface area contributed by atoms with Crippen LogP contribution >= 0.6 is 0 Å². The van der Waals surface area contributed by atoms with E-state index in [1.165, 1.54) is 81.0 Å². The third kappa shape index (κ3) is 5.31. The van der Waals surface area contributed by atoms with E-state index in [0.29, 0.717) is 17.4 Å². The Bertz CT molecular complexity index is 825. The molecule has 0 unspecified atom stereocenters. The Morgan fingerprint density at radius 3 is 1.77 bits per heavy atom. The van der Waals surface area contributed by atoms with Gasteiger partial charge in [-0.1, -0.05) is 51.5 Å². The van der Waals surface area contributed by atoms with Gasteiger partial charge in [0.2, 0.25) is 0 Å². The first-order chi connectivity index (χ1) is 15.2. The van der Waals surface area contributed by atoms with Crippen LogP contribution < -0.4 is 4.90 Å². The van der Waals surface area contributed by atoms with Crippen LogP contribution in [0, 0.1) is 0 Å². The van der Waals surface area contributed by atoms with Crippen molar-refractivity contribution in [2.45, 2.75) is 89.4 Å². The first-order valence-corrected chi connectivity index (χ1v) is 12.4. The van der Waals surface area contributed by atoms with Crippen molar-refractivity contribution < 1.29 is 9.90 Å². The van der Waals surface area contributed by atoms with Crippen LogP contribution in [0.4, 0.5) is 11.4 Å². The van der Waals surface area contributed by atoms with Gasteiger partial charge in [0.1, 0.15) is 0 Å². The van der Waals surface area contributed by atoms with E-state index in [1.54, 1.807) is 12.1 Å². The van der Waals surface area contributed by atoms with Gasteiger partial charge in [-0.3, -0.25) is 0 Å².